The van der Waals surface area contributed by atoms with Gasteiger partial charge in [-0.05, 0) is 71.4 Å². The Kier molecular flexibility index (Phi) is 7.40. The van der Waals surface area contributed by atoms with E-state index < -0.39 is 6.16 Å². The lowest BCUT2D eigenvalue weighted by molar-refractivity contribution is 0.101. The van der Waals surface area contributed by atoms with Crippen molar-refractivity contribution in [2.24, 2.45) is 0 Å². The zero-order chi connectivity index (χ0) is 22.2. The summed E-state index contributed by atoms with van der Waals surface area (Å²) in [6.07, 6.45) is -0.811. The van der Waals surface area contributed by atoms with Crippen molar-refractivity contribution in [1.29, 1.82) is 0 Å². The number of ether oxygens (including phenoxy) is 2. The second kappa shape index (κ2) is 10.4. The molecule has 0 saturated carbocycles. The molecule has 0 fully saturated rings. The summed E-state index contributed by atoms with van der Waals surface area (Å²) in [7, 11) is 0. The van der Waals surface area contributed by atoms with Gasteiger partial charge in [-0.15, -0.1) is 0 Å². The monoisotopic (exact) mass is 482 g/mol. The fourth-order valence-corrected chi connectivity index (χ4v) is 3.11. The predicted octanol–water partition coefficient (Wildman–Crippen LogP) is 5.49. The first kappa shape index (κ1) is 22.0. The minimum atomic E-state index is -0.811. The van der Waals surface area contributed by atoms with E-state index in [9.17, 15) is 14.4 Å². The lowest BCUT2D eigenvalue weighted by Crippen LogP contribution is -2.17. The number of rotatable bonds is 6. The molecule has 3 rings (SSSR count). The lowest BCUT2D eigenvalue weighted by Gasteiger charge is -2.13. The molecule has 158 valence electrons. The van der Waals surface area contributed by atoms with Gasteiger partial charge in [-0.3, -0.25) is 9.59 Å². The molecule has 31 heavy (non-hydrogen) atoms. The maximum Gasteiger partial charge on any atom is 0.513 e. The fourth-order valence-electron chi connectivity index (χ4n) is 2.65. The van der Waals surface area contributed by atoms with Gasteiger partial charge in [0, 0.05) is 10.0 Å². The number of carbonyl (C=O) groups is 3. The molecule has 0 aliphatic rings. The van der Waals surface area contributed by atoms with Gasteiger partial charge in [0.2, 0.25) is 0 Å². The van der Waals surface area contributed by atoms with Crippen molar-refractivity contribution in [3.05, 3.63) is 88.4 Å². The summed E-state index contributed by atoms with van der Waals surface area (Å²) in [6, 6.07) is 20.0. The highest BCUT2D eigenvalue weighted by molar-refractivity contribution is 9.10. The topological polar surface area (TPSA) is 93.7 Å². The molecule has 0 heterocycles. The van der Waals surface area contributed by atoms with Crippen LogP contribution in [0.5, 0.6) is 5.75 Å². The summed E-state index contributed by atoms with van der Waals surface area (Å²) in [5, 5.41) is 5.59. The SMILES string of the molecule is CCOC(=O)Oc1ccc(C(=O)Nc2ccccc2NC(=O)c2ccccc2Br)cc1. The molecule has 0 radical (unpaired) electrons. The van der Waals surface area contributed by atoms with Gasteiger partial charge in [-0.25, -0.2) is 4.79 Å². The third-order valence-electron chi connectivity index (χ3n) is 4.12. The Labute approximate surface area is 187 Å². The van der Waals surface area contributed by atoms with Crippen LogP contribution in [0, 0.1) is 0 Å². The maximum absolute atomic E-state index is 12.6. The largest absolute Gasteiger partial charge is 0.513 e. The number of carbonyl (C=O) groups excluding carboxylic acids is 3. The van der Waals surface area contributed by atoms with Gasteiger partial charge >= 0.3 is 6.16 Å². The van der Waals surface area contributed by atoms with Crippen molar-refractivity contribution in [1.82, 2.24) is 0 Å². The number of halogens is 1. The number of nitrogens with one attached hydrogen (secondary N) is 2. The fraction of sp³-hybridized carbons (Fsp3) is 0.0870. The van der Waals surface area contributed by atoms with Gasteiger partial charge in [0.05, 0.1) is 23.5 Å². The normalized spacial score (nSPS) is 10.1. The van der Waals surface area contributed by atoms with Crippen LogP contribution in [0.15, 0.2) is 77.3 Å². The van der Waals surface area contributed by atoms with Crippen LogP contribution < -0.4 is 15.4 Å². The van der Waals surface area contributed by atoms with Crippen LogP contribution in [0.4, 0.5) is 16.2 Å². The Hall–Kier alpha value is -3.65. The van der Waals surface area contributed by atoms with Crippen LogP contribution in [0.25, 0.3) is 0 Å². The first-order valence-corrected chi connectivity index (χ1v) is 10.2. The zero-order valence-electron chi connectivity index (χ0n) is 16.6. The van der Waals surface area contributed by atoms with E-state index in [1.807, 2.05) is 6.07 Å². The summed E-state index contributed by atoms with van der Waals surface area (Å²) in [6.45, 7) is 1.88. The molecule has 3 aromatic rings. The van der Waals surface area contributed by atoms with Crippen molar-refractivity contribution >= 4 is 45.3 Å². The van der Waals surface area contributed by atoms with E-state index >= 15 is 0 Å². The van der Waals surface area contributed by atoms with Crippen molar-refractivity contribution < 1.29 is 23.9 Å². The highest BCUT2D eigenvalue weighted by Gasteiger charge is 2.14. The second-order valence-corrected chi connectivity index (χ2v) is 7.10. The second-order valence-electron chi connectivity index (χ2n) is 6.24. The average molecular weight is 483 g/mol. The Morgan fingerprint density at radius 2 is 1.39 bits per heavy atom. The zero-order valence-corrected chi connectivity index (χ0v) is 18.1. The standard InChI is InChI=1S/C23H19BrN2O5/c1-2-30-23(29)31-16-13-11-15(12-14-16)21(27)25-19-9-5-6-10-20(19)26-22(28)17-7-3-4-8-18(17)24/h3-14H,2H2,1H3,(H,25,27)(H,26,28). The van der Waals surface area contributed by atoms with E-state index in [4.69, 9.17) is 9.47 Å². The molecule has 0 spiro atoms. The van der Waals surface area contributed by atoms with Gasteiger partial charge < -0.3 is 20.1 Å². The van der Waals surface area contributed by atoms with Crippen LogP contribution in [-0.4, -0.2) is 24.6 Å². The molecular formula is C23H19BrN2O5. The van der Waals surface area contributed by atoms with Gasteiger partial charge in [0.15, 0.2) is 0 Å². The molecule has 0 aliphatic carbocycles. The first-order chi connectivity index (χ1) is 15.0. The van der Waals surface area contributed by atoms with Crippen LogP contribution in [-0.2, 0) is 4.74 Å². The van der Waals surface area contributed by atoms with Crippen molar-refractivity contribution in [3.63, 3.8) is 0 Å². The van der Waals surface area contributed by atoms with Crippen LogP contribution in [0.3, 0.4) is 0 Å². The third kappa shape index (κ3) is 5.93. The first-order valence-electron chi connectivity index (χ1n) is 9.39. The molecule has 2 N–H and O–H groups in total. The van der Waals surface area contributed by atoms with Gasteiger partial charge in [-0.1, -0.05) is 24.3 Å². The quantitative estimate of drug-likeness (QED) is 0.357. The van der Waals surface area contributed by atoms with E-state index in [1.54, 1.807) is 49.4 Å². The number of benzene rings is 3. The number of para-hydroxylation sites is 2. The van der Waals surface area contributed by atoms with E-state index in [0.29, 0.717) is 27.0 Å². The predicted molar refractivity (Wildman–Crippen MR) is 121 cm³/mol. The molecule has 7 nitrogen and oxygen atoms in total. The Morgan fingerprint density at radius 1 is 0.806 bits per heavy atom. The van der Waals surface area contributed by atoms with E-state index in [0.717, 1.165) is 0 Å². The number of anilines is 2. The highest BCUT2D eigenvalue weighted by Crippen LogP contribution is 2.24. The molecule has 0 aliphatic heterocycles. The summed E-state index contributed by atoms with van der Waals surface area (Å²) < 4.78 is 10.4. The summed E-state index contributed by atoms with van der Waals surface area (Å²) in [5.74, 6) is -0.434. The van der Waals surface area contributed by atoms with E-state index in [1.165, 1.54) is 24.3 Å². The minimum Gasteiger partial charge on any atom is -0.434 e. The van der Waals surface area contributed by atoms with Gasteiger partial charge in [0.25, 0.3) is 11.8 Å². The summed E-state index contributed by atoms with van der Waals surface area (Å²) in [4.78, 5) is 36.6. The number of hydrogen-bond acceptors (Lipinski definition) is 5. The molecule has 0 aromatic heterocycles. The highest BCUT2D eigenvalue weighted by atomic mass is 79.9. The molecular weight excluding hydrogens is 464 g/mol. The van der Waals surface area contributed by atoms with Crippen LogP contribution in [0.2, 0.25) is 0 Å². The summed E-state index contributed by atoms with van der Waals surface area (Å²) in [5.41, 5.74) is 1.72. The number of hydrogen-bond donors (Lipinski definition) is 2. The Balaban J connectivity index is 1.70. The molecule has 0 atom stereocenters. The van der Waals surface area contributed by atoms with Gasteiger partial charge in [-0.2, -0.15) is 0 Å². The number of amides is 2. The lowest BCUT2D eigenvalue weighted by atomic mass is 10.1. The maximum atomic E-state index is 12.6. The third-order valence-corrected chi connectivity index (χ3v) is 4.81. The molecule has 3 aromatic carbocycles. The van der Waals surface area contributed by atoms with Crippen LogP contribution >= 0.6 is 15.9 Å². The van der Waals surface area contributed by atoms with Crippen LogP contribution in [0.1, 0.15) is 27.6 Å². The molecule has 0 bridgehead atoms. The molecule has 0 saturated heterocycles. The van der Waals surface area contributed by atoms with E-state index in [2.05, 4.69) is 26.6 Å². The Bertz CT molecular complexity index is 1100. The molecule has 8 heteroatoms. The van der Waals surface area contributed by atoms with Crippen molar-refractivity contribution in [2.45, 2.75) is 6.92 Å². The minimum absolute atomic E-state index is 0.205. The van der Waals surface area contributed by atoms with Crippen molar-refractivity contribution in [3.8, 4) is 5.75 Å². The van der Waals surface area contributed by atoms with Crippen molar-refractivity contribution in [2.75, 3.05) is 17.2 Å². The van der Waals surface area contributed by atoms with Gasteiger partial charge in [0.1, 0.15) is 5.75 Å². The Morgan fingerprint density at radius 3 is 2.00 bits per heavy atom. The average Bonchev–Trinajstić information content (AvgIpc) is 2.76. The molecule has 2 amide bonds. The smallest absolute Gasteiger partial charge is 0.434 e. The summed E-state index contributed by atoms with van der Waals surface area (Å²) >= 11 is 3.36. The van der Waals surface area contributed by atoms with E-state index in [-0.39, 0.29) is 24.2 Å². The molecule has 0 unspecified atom stereocenters.